The third-order valence-electron chi connectivity index (χ3n) is 22.1. The number of anilines is 6. The lowest BCUT2D eigenvalue weighted by Gasteiger charge is -2.32. The van der Waals surface area contributed by atoms with Crippen LogP contribution < -0.4 is 9.80 Å². The van der Waals surface area contributed by atoms with Gasteiger partial charge in [-0.1, -0.05) is 292 Å². The van der Waals surface area contributed by atoms with E-state index in [1.54, 1.807) is 0 Å². The monoisotopic (exact) mass is 1260 g/mol. The van der Waals surface area contributed by atoms with Gasteiger partial charge in [0, 0.05) is 50.1 Å². The van der Waals surface area contributed by atoms with Gasteiger partial charge in [0.05, 0.1) is 5.69 Å². The Morgan fingerprint density at radius 3 is 0.816 bits per heavy atom. The molecule has 14 aromatic rings. The van der Waals surface area contributed by atoms with Crippen LogP contribution in [0.4, 0.5) is 34.1 Å². The smallest absolute Gasteiger partial charge is 0.0508 e. The first kappa shape index (κ1) is 60.4. The summed E-state index contributed by atoms with van der Waals surface area (Å²) in [6.45, 7) is 19.1. The Morgan fingerprint density at radius 2 is 0.439 bits per heavy atom. The Kier molecular flexibility index (Phi) is 14.3. The second kappa shape index (κ2) is 23.2. The van der Waals surface area contributed by atoms with Crippen molar-refractivity contribution in [2.24, 2.45) is 0 Å². The molecule has 18 rings (SSSR count). The van der Waals surface area contributed by atoms with Crippen molar-refractivity contribution in [1.29, 1.82) is 0 Å². The van der Waals surface area contributed by atoms with Crippen LogP contribution in [0.25, 0.3) is 89.0 Å². The number of hydrogen-bond donors (Lipinski definition) is 0. The number of nitrogens with zero attached hydrogens (tertiary/aromatic N) is 2. The fourth-order valence-corrected chi connectivity index (χ4v) is 16.9. The molecule has 4 aliphatic carbocycles. The molecule has 2 nitrogen and oxygen atoms in total. The molecule has 4 aliphatic rings. The van der Waals surface area contributed by atoms with Crippen molar-refractivity contribution >= 4 is 34.1 Å². The molecule has 0 aliphatic heterocycles. The molecule has 14 aromatic carbocycles. The van der Waals surface area contributed by atoms with Crippen LogP contribution in [-0.4, -0.2) is 0 Å². The van der Waals surface area contributed by atoms with Crippen LogP contribution in [0, 0.1) is 0 Å². The number of fused-ring (bicyclic) bond motifs is 12. The normalized spacial score (nSPS) is 14.4. The summed E-state index contributed by atoms with van der Waals surface area (Å²) in [7, 11) is 0. The van der Waals surface area contributed by atoms with E-state index in [0.29, 0.717) is 0 Å². The van der Waals surface area contributed by atoms with Gasteiger partial charge in [0.1, 0.15) is 0 Å². The maximum Gasteiger partial charge on any atom is 0.0508 e. The predicted molar refractivity (Wildman–Crippen MR) is 414 cm³/mol. The summed E-state index contributed by atoms with van der Waals surface area (Å²) >= 11 is 0. The lowest BCUT2D eigenvalue weighted by atomic mass is 9.79. The summed E-state index contributed by atoms with van der Waals surface area (Å²) in [5, 5.41) is 0. The van der Waals surface area contributed by atoms with Gasteiger partial charge >= 0.3 is 0 Å². The number of hydrogen-bond acceptors (Lipinski definition) is 2. The van der Waals surface area contributed by atoms with Gasteiger partial charge in [-0.05, 0) is 225 Å². The minimum atomic E-state index is -0.204. The SMILES string of the molecule is CC1(C)c2ccccc2-c2cc3c(cc21)-c1cc(N(c2ccc(-c4ccccc4)cc2)c2ccc(-c4ccccc4)cc2)ccc1C3(C)C.CC1(C)c2ccccc2-c2cc3c(cc21)-c1cccc(N(c2ccc(-c4ccccc4)cc2)c2ccc(-c4ccccc4)cc2)c1C3(C)C. The van der Waals surface area contributed by atoms with Gasteiger partial charge in [0.2, 0.25) is 0 Å². The van der Waals surface area contributed by atoms with Crippen molar-refractivity contribution in [2.75, 3.05) is 9.80 Å². The molecule has 0 bridgehead atoms. The minimum absolute atomic E-state index is 0.0432. The van der Waals surface area contributed by atoms with E-state index in [-0.39, 0.29) is 21.7 Å². The Hall–Kier alpha value is -11.3. The largest absolute Gasteiger partial charge is 0.310 e. The second-order valence-corrected chi connectivity index (χ2v) is 29.2. The lowest BCUT2D eigenvalue weighted by Crippen LogP contribution is -2.21. The van der Waals surface area contributed by atoms with Crippen molar-refractivity contribution < 1.29 is 0 Å². The Morgan fingerprint density at radius 1 is 0.173 bits per heavy atom. The van der Waals surface area contributed by atoms with E-state index < -0.39 is 0 Å². The van der Waals surface area contributed by atoms with Crippen molar-refractivity contribution in [1.82, 2.24) is 0 Å². The highest BCUT2D eigenvalue weighted by molar-refractivity contribution is 5.96. The summed E-state index contributed by atoms with van der Waals surface area (Å²) in [6, 6.07) is 121. The van der Waals surface area contributed by atoms with E-state index in [0.717, 1.165) is 28.4 Å². The summed E-state index contributed by atoms with van der Waals surface area (Å²) in [6.07, 6.45) is 0. The second-order valence-electron chi connectivity index (χ2n) is 29.2. The van der Waals surface area contributed by atoms with Gasteiger partial charge in [-0.15, -0.1) is 0 Å². The highest BCUT2D eigenvalue weighted by Crippen LogP contribution is 2.60. The zero-order chi connectivity index (χ0) is 66.7. The maximum atomic E-state index is 2.51. The van der Waals surface area contributed by atoms with Gasteiger partial charge in [-0.2, -0.15) is 0 Å². The van der Waals surface area contributed by atoms with Gasteiger partial charge in [0.15, 0.2) is 0 Å². The molecule has 0 atom stereocenters. The van der Waals surface area contributed by atoms with Crippen molar-refractivity contribution in [3.05, 3.63) is 372 Å². The highest BCUT2D eigenvalue weighted by atomic mass is 15.2. The first-order valence-corrected chi connectivity index (χ1v) is 34.7. The zero-order valence-corrected chi connectivity index (χ0v) is 57.1. The molecule has 0 saturated carbocycles. The van der Waals surface area contributed by atoms with E-state index in [1.165, 1.54) is 139 Å². The molecule has 2 heteroatoms. The summed E-state index contributed by atoms with van der Waals surface area (Å²) < 4.78 is 0. The van der Waals surface area contributed by atoms with Crippen LogP contribution in [0.15, 0.2) is 328 Å². The predicted octanol–water partition coefficient (Wildman–Crippen LogP) is 26.2. The molecule has 0 fully saturated rings. The van der Waals surface area contributed by atoms with E-state index in [4.69, 9.17) is 0 Å². The van der Waals surface area contributed by atoms with Crippen molar-refractivity contribution in [3.63, 3.8) is 0 Å². The molecule has 0 unspecified atom stereocenters. The van der Waals surface area contributed by atoms with E-state index in [9.17, 15) is 0 Å². The lowest BCUT2D eigenvalue weighted by molar-refractivity contribution is 0.652. The number of rotatable bonds is 10. The van der Waals surface area contributed by atoms with Crippen LogP contribution in [0.1, 0.15) is 99.9 Å². The van der Waals surface area contributed by atoms with E-state index in [2.05, 4.69) is 393 Å². The fourth-order valence-electron chi connectivity index (χ4n) is 16.9. The molecule has 0 aromatic heterocycles. The number of benzene rings is 14. The van der Waals surface area contributed by atoms with Gasteiger partial charge in [-0.3, -0.25) is 0 Å². The van der Waals surface area contributed by atoms with E-state index >= 15 is 0 Å². The van der Waals surface area contributed by atoms with Gasteiger partial charge < -0.3 is 9.80 Å². The first-order chi connectivity index (χ1) is 47.6. The van der Waals surface area contributed by atoms with Gasteiger partial charge in [-0.25, -0.2) is 0 Å². The molecule has 0 radical (unpaired) electrons. The third kappa shape index (κ3) is 9.82. The molecular weight excluding hydrogens is 1180 g/mol. The van der Waals surface area contributed by atoms with Crippen LogP contribution in [-0.2, 0) is 21.7 Å². The highest BCUT2D eigenvalue weighted by Gasteiger charge is 2.45. The quantitative estimate of drug-likeness (QED) is 0.135. The molecule has 472 valence electrons. The fraction of sp³-hybridized carbons (Fsp3) is 0.125. The Balaban J connectivity index is 0.000000147. The molecule has 0 amide bonds. The standard InChI is InChI=1S/2C48H39N/c1-47(2)42-20-12-11-18-38(42)40-30-44-41(31-43(40)47)39-19-13-21-45(46(39)48(44,3)4)49(36-26-22-34(23-27-36)32-14-7-5-8-15-32)37-28-24-35(25-29-37)33-16-9-6-10-17-33;1-47(2)43-18-12-11-17-39(43)41-30-46-42(31-45(41)47)40-29-38(27-28-44(40)48(46,3)4)49(36-23-19-34(20-24-36)32-13-7-5-8-14-32)37-25-21-35(22-26-37)33-15-9-6-10-16-33/h2*5-31H,1-4H3. The zero-order valence-electron chi connectivity index (χ0n) is 57.1. The van der Waals surface area contributed by atoms with Crippen molar-refractivity contribution in [2.45, 2.75) is 77.0 Å². The third-order valence-corrected chi connectivity index (χ3v) is 22.1. The molecule has 0 heterocycles. The molecule has 0 N–H and O–H groups in total. The Labute approximate surface area is 578 Å². The van der Waals surface area contributed by atoms with Gasteiger partial charge in [0.25, 0.3) is 0 Å². The average molecular weight is 1260 g/mol. The topological polar surface area (TPSA) is 6.48 Å². The summed E-state index contributed by atoms with van der Waals surface area (Å²) in [4.78, 5) is 4.87. The van der Waals surface area contributed by atoms with Crippen LogP contribution in [0.2, 0.25) is 0 Å². The molecule has 0 saturated heterocycles. The van der Waals surface area contributed by atoms with E-state index in [1.807, 2.05) is 0 Å². The van der Waals surface area contributed by atoms with Crippen LogP contribution >= 0.6 is 0 Å². The first-order valence-electron chi connectivity index (χ1n) is 34.7. The minimum Gasteiger partial charge on any atom is -0.310 e. The molecule has 98 heavy (non-hydrogen) atoms. The summed E-state index contributed by atoms with van der Waals surface area (Å²) in [5.74, 6) is 0. The van der Waals surface area contributed by atoms with Crippen LogP contribution in [0.5, 0.6) is 0 Å². The van der Waals surface area contributed by atoms with Crippen LogP contribution in [0.3, 0.4) is 0 Å². The average Bonchev–Trinajstić information content (AvgIpc) is 1.55. The maximum absolute atomic E-state index is 2.51. The molecular formula is C96H78N2. The molecule has 0 spiro atoms. The Bertz CT molecular complexity index is 5170. The van der Waals surface area contributed by atoms with Crippen molar-refractivity contribution in [3.8, 4) is 89.0 Å². The summed E-state index contributed by atoms with van der Waals surface area (Å²) in [5.41, 5.74) is 38.5.